The van der Waals surface area contributed by atoms with Gasteiger partial charge in [0.25, 0.3) is 0 Å². The van der Waals surface area contributed by atoms with Crippen LogP contribution in [0.25, 0.3) is 11.0 Å². The molecule has 0 atom stereocenters. The highest BCUT2D eigenvalue weighted by molar-refractivity contribution is 5.75. The second-order valence-corrected chi connectivity index (χ2v) is 4.48. The summed E-state index contributed by atoms with van der Waals surface area (Å²) in [4.78, 5) is 4.35. The Bertz CT molecular complexity index is 718. The first-order chi connectivity index (χ1) is 9.28. The highest BCUT2D eigenvalue weighted by Crippen LogP contribution is 2.17. The molecular weight excluding hydrogens is 241 g/mol. The number of hydrogen-bond donors (Lipinski definition) is 1. The van der Waals surface area contributed by atoms with Crippen molar-refractivity contribution < 1.29 is 4.39 Å². The Hall–Kier alpha value is -2.20. The third-order valence-corrected chi connectivity index (χ3v) is 3.26. The van der Waals surface area contributed by atoms with Gasteiger partial charge in [-0.25, -0.2) is 9.37 Å². The minimum absolute atomic E-state index is 0.250. The normalized spacial score (nSPS) is 11.1. The molecule has 0 unspecified atom stereocenters. The molecule has 1 aromatic heterocycles. The van der Waals surface area contributed by atoms with Crippen molar-refractivity contribution in [3.63, 3.8) is 0 Å². The number of para-hydroxylation sites is 2. The first-order valence-electron chi connectivity index (χ1n) is 6.15. The Morgan fingerprint density at radius 1 is 1.11 bits per heavy atom. The van der Waals surface area contributed by atoms with Gasteiger partial charge in [0.2, 0.25) is 0 Å². The molecule has 0 aliphatic rings. The number of rotatable bonds is 3. The summed E-state index contributed by atoms with van der Waals surface area (Å²) >= 11 is 0. The van der Waals surface area contributed by atoms with Crippen LogP contribution in [0.4, 0.5) is 4.39 Å². The SMILES string of the molecule is NCc1cc(F)ccc1Cn1cnc2ccccc21. The molecule has 0 aliphatic heterocycles. The number of hydrogen-bond acceptors (Lipinski definition) is 2. The lowest BCUT2D eigenvalue weighted by molar-refractivity contribution is 0.623. The average molecular weight is 255 g/mol. The van der Waals surface area contributed by atoms with E-state index in [1.165, 1.54) is 12.1 Å². The number of benzene rings is 2. The first-order valence-corrected chi connectivity index (χ1v) is 6.15. The number of imidazole rings is 1. The molecule has 0 spiro atoms. The fraction of sp³-hybridized carbons (Fsp3) is 0.133. The summed E-state index contributed by atoms with van der Waals surface area (Å²) in [6.45, 7) is 0.979. The van der Waals surface area contributed by atoms with Gasteiger partial charge in [-0.2, -0.15) is 0 Å². The van der Waals surface area contributed by atoms with E-state index in [9.17, 15) is 4.39 Å². The second-order valence-electron chi connectivity index (χ2n) is 4.48. The van der Waals surface area contributed by atoms with Gasteiger partial charge in [-0.3, -0.25) is 0 Å². The molecule has 3 rings (SSSR count). The monoisotopic (exact) mass is 255 g/mol. The summed E-state index contributed by atoms with van der Waals surface area (Å²) in [7, 11) is 0. The van der Waals surface area contributed by atoms with E-state index in [2.05, 4.69) is 4.98 Å². The number of nitrogens with zero attached hydrogens (tertiary/aromatic N) is 2. The van der Waals surface area contributed by atoms with Crippen LogP contribution in [0.15, 0.2) is 48.8 Å². The van der Waals surface area contributed by atoms with E-state index in [-0.39, 0.29) is 5.82 Å². The Morgan fingerprint density at radius 2 is 1.95 bits per heavy atom. The summed E-state index contributed by atoms with van der Waals surface area (Å²) in [5.41, 5.74) is 9.54. The quantitative estimate of drug-likeness (QED) is 0.782. The Balaban J connectivity index is 2.01. The fourth-order valence-electron chi connectivity index (χ4n) is 2.26. The van der Waals surface area contributed by atoms with Gasteiger partial charge in [0, 0.05) is 13.1 Å². The predicted molar refractivity (Wildman–Crippen MR) is 73.1 cm³/mol. The first kappa shape index (κ1) is 11.9. The van der Waals surface area contributed by atoms with Crippen LogP contribution in [-0.2, 0) is 13.1 Å². The van der Waals surface area contributed by atoms with E-state index >= 15 is 0 Å². The molecule has 0 fully saturated rings. The third-order valence-electron chi connectivity index (χ3n) is 3.26. The van der Waals surface area contributed by atoms with Gasteiger partial charge >= 0.3 is 0 Å². The molecule has 1 heterocycles. The zero-order valence-corrected chi connectivity index (χ0v) is 10.4. The maximum atomic E-state index is 13.2. The van der Waals surface area contributed by atoms with E-state index in [0.717, 1.165) is 22.2 Å². The topological polar surface area (TPSA) is 43.8 Å². The van der Waals surface area contributed by atoms with Crippen LogP contribution in [0.1, 0.15) is 11.1 Å². The van der Waals surface area contributed by atoms with Gasteiger partial charge < -0.3 is 10.3 Å². The van der Waals surface area contributed by atoms with Gasteiger partial charge in [-0.15, -0.1) is 0 Å². The van der Waals surface area contributed by atoms with Crippen LogP contribution in [0.3, 0.4) is 0 Å². The molecule has 3 nitrogen and oxygen atoms in total. The maximum absolute atomic E-state index is 13.2. The van der Waals surface area contributed by atoms with Crippen molar-refractivity contribution >= 4 is 11.0 Å². The van der Waals surface area contributed by atoms with E-state index < -0.39 is 0 Å². The number of nitrogens with two attached hydrogens (primary N) is 1. The molecule has 0 amide bonds. The number of halogens is 1. The van der Waals surface area contributed by atoms with Crippen molar-refractivity contribution in [1.29, 1.82) is 0 Å². The van der Waals surface area contributed by atoms with Gasteiger partial charge in [-0.05, 0) is 35.4 Å². The molecule has 0 radical (unpaired) electrons. The van der Waals surface area contributed by atoms with Crippen LogP contribution in [0.2, 0.25) is 0 Å². The van der Waals surface area contributed by atoms with E-state index in [0.29, 0.717) is 13.1 Å². The molecule has 0 saturated carbocycles. The van der Waals surface area contributed by atoms with E-state index in [4.69, 9.17) is 5.73 Å². The molecule has 19 heavy (non-hydrogen) atoms. The van der Waals surface area contributed by atoms with Gasteiger partial charge in [-0.1, -0.05) is 18.2 Å². The molecule has 0 saturated heterocycles. The second kappa shape index (κ2) is 4.82. The van der Waals surface area contributed by atoms with Crippen molar-refractivity contribution in [1.82, 2.24) is 9.55 Å². The highest BCUT2D eigenvalue weighted by Gasteiger charge is 2.06. The van der Waals surface area contributed by atoms with E-state index in [1.807, 2.05) is 28.8 Å². The lowest BCUT2D eigenvalue weighted by Crippen LogP contribution is -2.06. The third kappa shape index (κ3) is 2.22. The zero-order chi connectivity index (χ0) is 13.2. The predicted octanol–water partition coefficient (Wildman–Crippen LogP) is 2.68. The Morgan fingerprint density at radius 3 is 2.79 bits per heavy atom. The minimum atomic E-state index is -0.250. The summed E-state index contributed by atoms with van der Waals surface area (Å²) in [5, 5.41) is 0. The standard InChI is InChI=1S/C15H14FN3/c16-13-6-5-11(12(7-13)8-17)9-19-10-18-14-3-1-2-4-15(14)19/h1-7,10H,8-9,17H2. The molecule has 3 aromatic rings. The lowest BCUT2D eigenvalue weighted by Gasteiger charge is -2.09. The zero-order valence-electron chi connectivity index (χ0n) is 10.4. The van der Waals surface area contributed by atoms with Crippen LogP contribution in [-0.4, -0.2) is 9.55 Å². The van der Waals surface area contributed by atoms with Crippen LogP contribution in [0.5, 0.6) is 0 Å². The fourth-order valence-corrected chi connectivity index (χ4v) is 2.26. The van der Waals surface area contributed by atoms with Crippen molar-refractivity contribution in [2.24, 2.45) is 5.73 Å². The molecular formula is C15H14FN3. The summed E-state index contributed by atoms with van der Waals surface area (Å²) in [6.07, 6.45) is 1.80. The smallest absolute Gasteiger partial charge is 0.123 e. The molecule has 96 valence electrons. The Labute approximate surface area is 110 Å². The lowest BCUT2D eigenvalue weighted by atomic mass is 10.1. The average Bonchev–Trinajstić information content (AvgIpc) is 2.84. The van der Waals surface area contributed by atoms with Gasteiger partial charge in [0.15, 0.2) is 0 Å². The molecule has 0 aliphatic carbocycles. The molecule has 2 aromatic carbocycles. The Kier molecular flexibility index (Phi) is 3.01. The van der Waals surface area contributed by atoms with Crippen LogP contribution < -0.4 is 5.73 Å². The minimum Gasteiger partial charge on any atom is -0.326 e. The molecule has 2 N–H and O–H groups in total. The van der Waals surface area contributed by atoms with Crippen molar-refractivity contribution in [3.05, 3.63) is 65.7 Å². The maximum Gasteiger partial charge on any atom is 0.123 e. The van der Waals surface area contributed by atoms with E-state index in [1.54, 1.807) is 12.4 Å². The summed E-state index contributed by atoms with van der Waals surface area (Å²) in [5.74, 6) is -0.250. The van der Waals surface area contributed by atoms with Gasteiger partial charge in [0.05, 0.1) is 17.4 Å². The van der Waals surface area contributed by atoms with Crippen LogP contribution in [0, 0.1) is 5.82 Å². The number of fused-ring (bicyclic) bond motifs is 1. The molecule has 4 heteroatoms. The summed E-state index contributed by atoms with van der Waals surface area (Å²) < 4.78 is 15.2. The largest absolute Gasteiger partial charge is 0.326 e. The highest BCUT2D eigenvalue weighted by atomic mass is 19.1. The van der Waals surface area contributed by atoms with Crippen molar-refractivity contribution in [2.75, 3.05) is 0 Å². The van der Waals surface area contributed by atoms with Crippen molar-refractivity contribution in [3.8, 4) is 0 Å². The van der Waals surface area contributed by atoms with Crippen molar-refractivity contribution in [2.45, 2.75) is 13.1 Å². The molecule has 0 bridgehead atoms. The summed E-state index contributed by atoms with van der Waals surface area (Å²) in [6, 6.07) is 12.7. The van der Waals surface area contributed by atoms with Gasteiger partial charge in [0.1, 0.15) is 5.82 Å². The van der Waals surface area contributed by atoms with Crippen LogP contribution >= 0.6 is 0 Å². The number of aromatic nitrogens is 2.